The molecule has 3 rings (SSSR count). The standard InChI is InChI=1S/C23H18N6O12/c24-15-3-1-2-14(21(15)25)20(22(30)40-10-12-4-6-16(26(32)33)18(8-12)28(36)37)23(31)41-11-13-5-7-17(27(34)35)19(9-13)29(38)39/h1-9,20H,10-11,24-25H2. The van der Waals surface area contributed by atoms with E-state index in [1.54, 1.807) is 0 Å². The van der Waals surface area contributed by atoms with Crippen molar-refractivity contribution in [1.82, 2.24) is 0 Å². The predicted molar refractivity (Wildman–Crippen MR) is 137 cm³/mol. The zero-order chi connectivity index (χ0) is 30.4. The number of rotatable bonds is 11. The van der Waals surface area contributed by atoms with E-state index in [0.717, 1.165) is 36.4 Å². The molecule has 0 aromatic heterocycles. The van der Waals surface area contributed by atoms with E-state index in [0.29, 0.717) is 0 Å². The van der Waals surface area contributed by atoms with Crippen molar-refractivity contribution >= 4 is 46.1 Å². The SMILES string of the molecule is Nc1cccc(C(C(=O)OCc2ccc([N+](=O)[O-])c([N+](=O)[O-])c2)C(=O)OCc2ccc([N+](=O)[O-])c([N+](=O)[O-])c2)c1N. The number of hydrogen-bond acceptors (Lipinski definition) is 14. The maximum absolute atomic E-state index is 13.1. The Labute approximate surface area is 227 Å². The van der Waals surface area contributed by atoms with Gasteiger partial charge in [-0.3, -0.25) is 50.0 Å². The summed E-state index contributed by atoms with van der Waals surface area (Å²) in [6.45, 7) is -1.28. The van der Waals surface area contributed by atoms with E-state index < -0.39 is 73.5 Å². The normalized spacial score (nSPS) is 10.6. The molecule has 4 N–H and O–H groups in total. The Balaban J connectivity index is 1.87. The fourth-order valence-electron chi connectivity index (χ4n) is 3.60. The largest absolute Gasteiger partial charge is 0.460 e. The smallest absolute Gasteiger partial charge is 0.346 e. The van der Waals surface area contributed by atoms with Crippen molar-refractivity contribution in [1.29, 1.82) is 0 Å². The first-order valence-corrected chi connectivity index (χ1v) is 11.1. The molecule has 18 heteroatoms. The maximum atomic E-state index is 13.1. The molecule has 0 atom stereocenters. The summed E-state index contributed by atoms with van der Waals surface area (Å²) in [7, 11) is 0. The molecular weight excluding hydrogens is 552 g/mol. The third kappa shape index (κ3) is 6.63. The summed E-state index contributed by atoms with van der Waals surface area (Å²) in [5, 5.41) is 44.5. The number of nitro benzene ring substituents is 4. The van der Waals surface area contributed by atoms with Gasteiger partial charge in [-0.25, -0.2) is 0 Å². The minimum absolute atomic E-state index is 0.00471. The van der Waals surface area contributed by atoms with E-state index in [-0.39, 0.29) is 28.1 Å². The van der Waals surface area contributed by atoms with Gasteiger partial charge in [0.05, 0.1) is 31.1 Å². The number of nitrogens with two attached hydrogens (primary N) is 2. The fraction of sp³-hybridized carbons (Fsp3) is 0.130. The van der Waals surface area contributed by atoms with Crippen molar-refractivity contribution in [2.24, 2.45) is 0 Å². The van der Waals surface area contributed by atoms with Gasteiger partial charge in [0.2, 0.25) is 0 Å². The molecular formula is C23H18N6O12. The zero-order valence-corrected chi connectivity index (χ0v) is 20.5. The van der Waals surface area contributed by atoms with Crippen LogP contribution in [0, 0.1) is 40.5 Å². The predicted octanol–water partition coefficient (Wildman–Crippen LogP) is 3.05. The van der Waals surface area contributed by atoms with Gasteiger partial charge in [0, 0.05) is 29.8 Å². The third-order valence-electron chi connectivity index (χ3n) is 5.58. The Morgan fingerprint density at radius 1 is 0.659 bits per heavy atom. The Bertz CT molecular complexity index is 1500. The van der Waals surface area contributed by atoms with E-state index in [2.05, 4.69) is 0 Å². The molecule has 0 saturated carbocycles. The summed E-state index contributed by atoms with van der Waals surface area (Å²) >= 11 is 0. The second-order valence-electron chi connectivity index (χ2n) is 8.17. The van der Waals surface area contributed by atoms with Crippen molar-refractivity contribution in [3.05, 3.63) is 112 Å². The van der Waals surface area contributed by atoms with E-state index in [1.165, 1.54) is 18.2 Å². The second kappa shape index (κ2) is 12.1. The van der Waals surface area contributed by atoms with Gasteiger partial charge >= 0.3 is 34.7 Å². The van der Waals surface area contributed by atoms with E-state index in [1.807, 2.05) is 0 Å². The van der Waals surface area contributed by atoms with Gasteiger partial charge in [0.1, 0.15) is 13.2 Å². The molecule has 0 aliphatic rings. The first kappa shape index (κ1) is 29.4. The van der Waals surface area contributed by atoms with Gasteiger partial charge in [-0.05, 0) is 29.3 Å². The van der Waals surface area contributed by atoms with Crippen LogP contribution in [-0.4, -0.2) is 31.6 Å². The molecule has 0 fully saturated rings. The average molecular weight is 570 g/mol. The van der Waals surface area contributed by atoms with E-state index in [9.17, 15) is 50.0 Å². The van der Waals surface area contributed by atoms with Crippen LogP contribution in [-0.2, 0) is 32.3 Å². The minimum atomic E-state index is -1.85. The van der Waals surface area contributed by atoms with E-state index in [4.69, 9.17) is 20.9 Å². The lowest BCUT2D eigenvalue weighted by atomic mass is 9.96. The highest BCUT2D eigenvalue weighted by molar-refractivity contribution is 6.02. The van der Waals surface area contributed by atoms with Crippen LogP contribution in [0.1, 0.15) is 22.6 Å². The molecule has 0 unspecified atom stereocenters. The van der Waals surface area contributed by atoms with Crippen molar-refractivity contribution in [3.8, 4) is 0 Å². The van der Waals surface area contributed by atoms with Gasteiger partial charge in [-0.15, -0.1) is 0 Å². The van der Waals surface area contributed by atoms with Gasteiger partial charge in [0.15, 0.2) is 5.92 Å². The highest BCUT2D eigenvalue weighted by Gasteiger charge is 2.35. The summed E-state index contributed by atoms with van der Waals surface area (Å²) in [5.41, 5.74) is 8.16. The van der Waals surface area contributed by atoms with Crippen LogP contribution in [0.3, 0.4) is 0 Å². The van der Waals surface area contributed by atoms with Crippen molar-refractivity contribution < 1.29 is 38.8 Å². The number of para-hydroxylation sites is 1. The molecule has 41 heavy (non-hydrogen) atoms. The second-order valence-corrected chi connectivity index (χ2v) is 8.17. The topological polar surface area (TPSA) is 277 Å². The number of nitro groups is 4. The molecule has 0 saturated heterocycles. The number of ether oxygens (including phenoxy) is 2. The van der Waals surface area contributed by atoms with Gasteiger partial charge in [-0.2, -0.15) is 0 Å². The molecule has 0 spiro atoms. The average Bonchev–Trinajstić information content (AvgIpc) is 2.92. The number of carbonyl (C=O) groups is 2. The lowest BCUT2D eigenvalue weighted by molar-refractivity contribution is -0.422. The lowest BCUT2D eigenvalue weighted by Crippen LogP contribution is -2.27. The van der Waals surface area contributed by atoms with Gasteiger partial charge < -0.3 is 20.9 Å². The van der Waals surface area contributed by atoms with E-state index >= 15 is 0 Å². The van der Waals surface area contributed by atoms with Crippen LogP contribution in [0.15, 0.2) is 54.6 Å². The van der Waals surface area contributed by atoms with Gasteiger partial charge in [-0.1, -0.05) is 12.1 Å². The Morgan fingerprint density at radius 2 is 1.07 bits per heavy atom. The molecule has 3 aromatic carbocycles. The Hall–Kier alpha value is -6.20. The monoisotopic (exact) mass is 570 g/mol. The number of anilines is 2. The van der Waals surface area contributed by atoms with Crippen LogP contribution < -0.4 is 11.5 Å². The summed E-state index contributed by atoms with van der Waals surface area (Å²) < 4.78 is 10.3. The Morgan fingerprint density at radius 3 is 1.46 bits per heavy atom. The molecule has 0 aliphatic heterocycles. The summed E-state index contributed by atoms with van der Waals surface area (Å²) in [6.07, 6.45) is 0. The quantitative estimate of drug-likeness (QED) is 0.110. The summed E-state index contributed by atoms with van der Waals surface area (Å²) in [6, 6.07) is 9.64. The number of esters is 2. The van der Waals surface area contributed by atoms with Crippen LogP contribution >= 0.6 is 0 Å². The molecule has 3 aromatic rings. The number of benzene rings is 3. The molecule has 0 amide bonds. The van der Waals surface area contributed by atoms with Crippen molar-refractivity contribution in [2.75, 3.05) is 11.5 Å². The van der Waals surface area contributed by atoms with Crippen molar-refractivity contribution in [2.45, 2.75) is 19.1 Å². The summed E-state index contributed by atoms with van der Waals surface area (Å²) in [4.78, 5) is 66.7. The van der Waals surface area contributed by atoms with Crippen molar-refractivity contribution in [3.63, 3.8) is 0 Å². The van der Waals surface area contributed by atoms with Crippen LogP contribution in [0.2, 0.25) is 0 Å². The first-order valence-electron chi connectivity index (χ1n) is 11.1. The fourth-order valence-corrected chi connectivity index (χ4v) is 3.60. The first-order chi connectivity index (χ1) is 19.3. The molecule has 0 radical (unpaired) electrons. The summed E-state index contributed by atoms with van der Waals surface area (Å²) in [5.74, 6) is -4.31. The number of nitrogen functional groups attached to an aromatic ring is 2. The maximum Gasteiger partial charge on any atom is 0.346 e. The molecule has 212 valence electrons. The van der Waals surface area contributed by atoms with Crippen LogP contribution in [0.4, 0.5) is 34.1 Å². The molecule has 0 bridgehead atoms. The molecule has 18 nitrogen and oxygen atoms in total. The molecule has 0 heterocycles. The lowest BCUT2D eigenvalue weighted by Gasteiger charge is -2.18. The highest BCUT2D eigenvalue weighted by atomic mass is 16.6. The van der Waals surface area contributed by atoms with Crippen LogP contribution in [0.5, 0.6) is 0 Å². The molecule has 0 aliphatic carbocycles. The van der Waals surface area contributed by atoms with Crippen LogP contribution in [0.25, 0.3) is 0 Å². The number of nitrogens with zero attached hydrogens (tertiary/aromatic N) is 4. The van der Waals surface area contributed by atoms with Gasteiger partial charge in [0.25, 0.3) is 0 Å². The minimum Gasteiger partial charge on any atom is -0.460 e. The third-order valence-corrected chi connectivity index (χ3v) is 5.58. The zero-order valence-electron chi connectivity index (χ0n) is 20.5. The number of carbonyl (C=O) groups excluding carboxylic acids is 2. The number of hydrogen-bond donors (Lipinski definition) is 2. The Kier molecular flexibility index (Phi) is 8.67. The highest BCUT2D eigenvalue weighted by Crippen LogP contribution is 2.32.